The quantitative estimate of drug-likeness (QED) is 0.645. The predicted molar refractivity (Wildman–Crippen MR) is 108 cm³/mol. The summed E-state index contributed by atoms with van der Waals surface area (Å²) >= 11 is 0. The molecule has 2 aromatic carbocycles. The molecule has 0 spiro atoms. The van der Waals surface area contributed by atoms with Gasteiger partial charge in [-0.25, -0.2) is 0 Å². The summed E-state index contributed by atoms with van der Waals surface area (Å²) in [5.41, 5.74) is 2.49. The van der Waals surface area contributed by atoms with Crippen molar-refractivity contribution in [2.75, 3.05) is 37.6 Å². The summed E-state index contributed by atoms with van der Waals surface area (Å²) in [7, 11) is 0. The minimum atomic E-state index is 0.970. The topological polar surface area (TPSA) is 19.6 Å². The van der Waals surface area contributed by atoms with Crippen LogP contribution in [0.3, 0.4) is 0 Å². The monoisotopic (exact) mass is 346 g/mol. The van der Waals surface area contributed by atoms with Gasteiger partial charge in [0.15, 0.2) is 0 Å². The van der Waals surface area contributed by atoms with Crippen molar-refractivity contribution in [1.29, 1.82) is 0 Å². The zero-order valence-electron chi connectivity index (χ0n) is 15.2. The van der Waals surface area contributed by atoms with Gasteiger partial charge in [-0.3, -0.25) is 4.90 Å². The second-order valence-electron chi connectivity index (χ2n) is 6.90. The van der Waals surface area contributed by atoms with Crippen LogP contribution in [-0.2, 0) is 6.42 Å². The molecular formula is C23H26N2O. The van der Waals surface area contributed by atoms with Gasteiger partial charge in [0.25, 0.3) is 0 Å². The van der Waals surface area contributed by atoms with Crippen LogP contribution in [-0.4, -0.2) is 37.6 Å². The molecule has 1 fully saturated rings. The van der Waals surface area contributed by atoms with E-state index in [0.29, 0.717) is 0 Å². The van der Waals surface area contributed by atoms with E-state index in [1.165, 1.54) is 5.69 Å². The Morgan fingerprint density at radius 2 is 1.42 bits per heavy atom. The maximum atomic E-state index is 6.01. The normalized spacial score (nSPS) is 15.3. The number of hydrogen-bond donors (Lipinski definition) is 0. The van der Waals surface area contributed by atoms with Crippen LogP contribution in [0.4, 0.5) is 5.69 Å². The Morgan fingerprint density at radius 1 is 0.731 bits per heavy atom. The molecule has 1 saturated heterocycles. The smallest absolute Gasteiger partial charge is 0.134 e. The van der Waals surface area contributed by atoms with Crippen LogP contribution in [0.1, 0.15) is 12.2 Å². The molecule has 0 amide bonds. The highest BCUT2D eigenvalue weighted by Gasteiger charge is 2.16. The number of furan rings is 1. The molecule has 0 radical (unpaired) electrons. The molecule has 0 aliphatic carbocycles. The zero-order chi connectivity index (χ0) is 17.6. The van der Waals surface area contributed by atoms with E-state index >= 15 is 0 Å². The largest absolute Gasteiger partial charge is 0.461 e. The minimum absolute atomic E-state index is 0.970. The first kappa shape index (κ1) is 16.9. The number of piperazine rings is 1. The molecule has 134 valence electrons. The van der Waals surface area contributed by atoms with Crippen molar-refractivity contribution >= 4 is 5.69 Å². The molecule has 3 heteroatoms. The minimum Gasteiger partial charge on any atom is -0.461 e. The molecule has 0 saturated carbocycles. The Labute approximate surface area is 155 Å². The van der Waals surface area contributed by atoms with Gasteiger partial charge < -0.3 is 9.32 Å². The standard InChI is InChI=1S/C23H26N2O/c1-3-8-20(9-4-1)23-14-13-22(26-23)12-7-15-24-16-18-25(19-17-24)21-10-5-2-6-11-21/h1-6,8-11,13-14H,7,12,15-19H2. The maximum Gasteiger partial charge on any atom is 0.134 e. The predicted octanol–water partition coefficient (Wildman–Crippen LogP) is 4.70. The number of benzene rings is 2. The van der Waals surface area contributed by atoms with Crippen LogP contribution in [0.5, 0.6) is 0 Å². The third-order valence-corrected chi connectivity index (χ3v) is 5.11. The Kier molecular flexibility index (Phi) is 5.36. The summed E-state index contributed by atoms with van der Waals surface area (Å²) < 4.78 is 6.01. The molecule has 0 N–H and O–H groups in total. The van der Waals surface area contributed by atoms with Crippen LogP contribution in [0.15, 0.2) is 77.2 Å². The average Bonchev–Trinajstić information content (AvgIpc) is 3.19. The van der Waals surface area contributed by atoms with E-state index in [9.17, 15) is 0 Å². The van der Waals surface area contributed by atoms with Crippen molar-refractivity contribution in [3.8, 4) is 11.3 Å². The lowest BCUT2D eigenvalue weighted by Gasteiger charge is -2.36. The lowest BCUT2D eigenvalue weighted by atomic mass is 10.2. The SMILES string of the molecule is c1ccc(-c2ccc(CCCN3CCN(c4ccccc4)CC3)o2)cc1. The summed E-state index contributed by atoms with van der Waals surface area (Å²) in [5, 5.41) is 0. The van der Waals surface area contributed by atoms with Gasteiger partial charge in [0.1, 0.15) is 11.5 Å². The number of hydrogen-bond acceptors (Lipinski definition) is 3. The van der Waals surface area contributed by atoms with E-state index in [4.69, 9.17) is 4.42 Å². The van der Waals surface area contributed by atoms with Crippen LogP contribution < -0.4 is 4.90 Å². The van der Waals surface area contributed by atoms with Gasteiger partial charge in [0, 0.05) is 43.9 Å². The van der Waals surface area contributed by atoms with E-state index in [1.54, 1.807) is 0 Å². The highest BCUT2D eigenvalue weighted by Crippen LogP contribution is 2.22. The molecule has 1 aromatic heterocycles. The van der Waals surface area contributed by atoms with Crippen molar-refractivity contribution in [2.24, 2.45) is 0 Å². The Bertz CT molecular complexity index is 789. The molecule has 4 rings (SSSR count). The Hall–Kier alpha value is -2.52. The molecular weight excluding hydrogens is 320 g/mol. The van der Waals surface area contributed by atoms with E-state index in [2.05, 4.69) is 64.4 Å². The number of rotatable bonds is 6. The van der Waals surface area contributed by atoms with Gasteiger partial charge in [-0.05, 0) is 37.2 Å². The van der Waals surface area contributed by atoms with E-state index in [-0.39, 0.29) is 0 Å². The highest BCUT2D eigenvalue weighted by atomic mass is 16.3. The van der Waals surface area contributed by atoms with Crippen molar-refractivity contribution in [1.82, 2.24) is 4.90 Å². The van der Waals surface area contributed by atoms with Crippen LogP contribution in [0.25, 0.3) is 11.3 Å². The summed E-state index contributed by atoms with van der Waals surface area (Å²) in [6.45, 7) is 5.65. The molecule has 26 heavy (non-hydrogen) atoms. The maximum absolute atomic E-state index is 6.01. The Morgan fingerprint density at radius 3 is 2.15 bits per heavy atom. The van der Waals surface area contributed by atoms with Gasteiger partial charge in [0.2, 0.25) is 0 Å². The first-order valence-corrected chi connectivity index (χ1v) is 9.55. The number of aryl methyl sites for hydroxylation is 1. The van der Waals surface area contributed by atoms with Gasteiger partial charge >= 0.3 is 0 Å². The summed E-state index contributed by atoms with van der Waals surface area (Å²) in [6.07, 6.45) is 2.15. The second-order valence-corrected chi connectivity index (χ2v) is 6.90. The van der Waals surface area contributed by atoms with E-state index < -0.39 is 0 Å². The lowest BCUT2D eigenvalue weighted by Crippen LogP contribution is -2.46. The molecule has 1 aliphatic heterocycles. The van der Waals surface area contributed by atoms with Crippen molar-refractivity contribution in [2.45, 2.75) is 12.8 Å². The molecule has 0 unspecified atom stereocenters. The van der Waals surface area contributed by atoms with Gasteiger partial charge in [-0.1, -0.05) is 48.5 Å². The fourth-order valence-corrected chi connectivity index (χ4v) is 3.62. The van der Waals surface area contributed by atoms with Crippen LogP contribution >= 0.6 is 0 Å². The number of para-hydroxylation sites is 1. The fraction of sp³-hybridized carbons (Fsp3) is 0.304. The van der Waals surface area contributed by atoms with Crippen molar-refractivity contribution < 1.29 is 4.42 Å². The molecule has 2 heterocycles. The summed E-state index contributed by atoms with van der Waals surface area (Å²) in [5.74, 6) is 2.06. The third-order valence-electron chi connectivity index (χ3n) is 5.11. The van der Waals surface area contributed by atoms with Gasteiger partial charge in [-0.2, -0.15) is 0 Å². The average molecular weight is 346 g/mol. The molecule has 3 aromatic rings. The molecule has 1 aliphatic rings. The Balaban J connectivity index is 1.22. The second kappa shape index (κ2) is 8.24. The van der Waals surface area contributed by atoms with Crippen molar-refractivity contribution in [3.63, 3.8) is 0 Å². The van der Waals surface area contributed by atoms with E-state index in [1.807, 2.05) is 18.2 Å². The highest BCUT2D eigenvalue weighted by molar-refractivity contribution is 5.57. The fourth-order valence-electron chi connectivity index (χ4n) is 3.62. The summed E-state index contributed by atoms with van der Waals surface area (Å²) in [6, 6.07) is 25.3. The first-order chi connectivity index (χ1) is 12.9. The van der Waals surface area contributed by atoms with Crippen molar-refractivity contribution in [3.05, 3.63) is 78.6 Å². The van der Waals surface area contributed by atoms with Crippen LogP contribution in [0.2, 0.25) is 0 Å². The van der Waals surface area contributed by atoms with Crippen LogP contribution in [0, 0.1) is 0 Å². The number of anilines is 1. The zero-order valence-corrected chi connectivity index (χ0v) is 15.2. The summed E-state index contributed by atoms with van der Waals surface area (Å²) in [4.78, 5) is 5.05. The molecule has 0 bridgehead atoms. The van der Waals surface area contributed by atoms with Gasteiger partial charge in [0.05, 0.1) is 0 Å². The van der Waals surface area contributed by atoms with Gasteiger partial charge in [-0.15, -0.1) is 0 Å². The molecule has 0 atom stereocenters. The lowest BCUT2D eigenvalue weighted by molar-refractivity contribution is 0.253. The third kappa shape index (κ3) is 4.17. The first-order valence-electron chi connectivity index (χ1n) is 9.55. The van der Waals surface area contributed by atoms with E-state index in [0.717, 1.165) is 62.6 Å². The number of nitrogens with zero attached hydrogens (tertiary/aromatic N) is 2. The molecule has 3 nitrogen and oxygen atoms in total.